The minimum Gasteiger partial charge on any atom is -0.493 e. The van der Waals surface area contributed by atoms with Gasteiger partial charge in [0, 0.05) is 13.2 Å². The summed E-state index contributed by atoms with van der Waals surface area (Å²) in [5.74, 6) is 1.54. The summed E-state index contributed by atoms with van der Waals surface area (Å²) >= 11 is 3.60. The van der Waals surface area contributed by atoms with Crippen molar-refractivity contribution in [1.82, 2.24) is 5.32 Å². The molecule has 4 nitrogen and oxygen atoms in total. The molecule has 0 spiro atoms. The van der Waals surface area contributed by atoms with Gasteiger partial charge < -0.3 is 19.5 Å². The smallest absolute Gasteiger partial charge is 0.175 e. The van der Waals surface area contributed by atoms with Crippen LogP contribution in [0.4, 0.5) is 0 Å². The zero-order chi connectivity index (χ0) is 15.1. The zero-order valence-electron chi connectivity index (χ0n) is 12.8. The third-order valence-corrected chi connectivity index (χ3v) is 4.04. The molecular formula is C16H24BrNO3. The first-order valence-electron chi connectivity index (χ1n) is 7.56. The second-order valence-electron chi connectivity index (χ2n) is 5.24. The molecule has 1 N–H and O–H groups in total. The van der Waals surface area contributed by atoms with Crippen LogP contribution in [-0.4, -0.2) is 33.0 Å². The molecule has 1 heterocycles. The van der Waals surface area contributed by atoms with Gasteiger partial charge in [-0.1, -0.05) is 6.92 Å². The summed E-state index contributed by atoms with van der Waals surface area (Å²) in [6, 6.07) is 4.12. The highest BCUT2D eigenvalue weighted by Gasteiger charge is 2.20. The number of halogens is 1. The zero-order valence-corrected chi connectivity index (χ0v) is 14.4. The van der Waals surface area contributed by atoms with E-state index in [1.165, 1.54) is 5.56 Å². The van der Waals surface area contributed by atoms with Crippen molar-refractivity contribution < 1.29 is 14.2 Å². The van der Waals surface area contributed by atoms with E-state index in [2.05, 4.69) is 34.2 Å². The van der Waals surface area contributed by atoms with Crippen LogP contribution in [-0.2, 0) is 11.3 Å². The molecule has 118 valence electrons. The van der Waals surface area contributed by atoms with Crippen LogP contribution in [0.2, 0.25) is 0 Å². The van der Waals surface area contributed by atoms with Gasteiger partial charge in [0.1, 0.15) is 6.10 Å². The first-order chi connectivity index (χ1) is 10.2. The number of hydrogen-bond donors (Lipinski definition) is 1. The third kappa shape index (κ3) is 4.87. The van der Waals surface area contributed by atoms with Crippen LogP contribution in [0.5, 0.6) is 11.5 Å². The van der Waals surface area contributed by atoms with Crippen LogP contribution in [0.15, 0.2) is 16.6 Å². The third-order valence-electron chi connectivity index (χ3n) is 3.45. The van der Waals surface area contributed by atoms with E-state index in [1.54, 1.807) is 7.11 Å². The van der Waals surface area contributed by atoms with Crippen LogP contribution in [0.1, 0.15) is 31.7 Å². The largest absolute Gasteiger partial charge is 0.493 e. The molecule has 1 aromatic rings. The molecule has 1 saturated heterocycles. The van der Waals surface area contributed by atoms with Gasteiger partial charge in [-0.25, -0.2) is 0 Å². The number of nitrogens with one attached hydrogen (secondary N) is 1. The summed E-state index contributed by atoms with van der Waals surface area (Å²) in [6.07, 6.45) is 3.30. The standard InChI is InChI=1S/C16H24BrNO3/c1-3-6-18-10-12-8-14(17)16(15(9-12)19-2)21-13-5-4-7-20-11-13/h8-9,13,18H,3-7,10-11H2,1-2H3. The van der Waals surface area contributed by atoms with Crippen molar-refractivity contribution in [2.75, 3.05) is 26.9 Å². The van der Waals surface area contributed by atoms with Crippen molar-refractivity contribution in [3.63, 3.8) is 0 Å². The molecule has 0 amide bonds. The fourth-order valence-electron chi connectivity index (χ4n) is 2.37. The molecule has 1 unspecified atom stereocenters. The molecule has 0 saturated carbocycles. The lowest BCUT2D eigenvalue weighted by Crippen LogP contribution is -2.28. The van der Waals surface area contributed by atoms with E-state index in [-0.39, 0.29) is 6.10 Å². The predicted molar refractivity (Wildman–Crippen MR) is 87.2 cm³/mol. The molecule has 2 rings (SSSR count). The Bertz CT molecular complexity index is 447. The maximum Gasteiger partial charge on any atom is 0.175 e. The van der Waals surface area contributed by atoms with E-state index in [1.807, 2.05) is 6.07 Å². The van der Waals surface area contributed by atoms with Crippen molar-refractivity contribution in [3.8, 4) is 11.5 Å². The van der Waals surface area contributed by atoms with Crippen LogP contribution in [0.25, 0.3) is 0 Å². The molecule has 1 atom stereocenters. The van der Waals surface area contributed by atoms with Gasteiger partial charge in [0.2, 0.25) is 0 Å². The maximum absolute atomic E-state index is 6.07. The van der Waals surface area contributed by atoms with Crippen LogP contribution >= 0.6 is 15.9 Å². The minimum atomic E-state index is 0.105. The average Bonchev–Trinajstić information content (AvgIpc) is 2.51. The molecule has 0 aromatic heterocycles. The first-order valence-corrected chi connectivity index (χ1v) is 8.35. The molecule has 1 aliphatic rings. The average molecular weight is 358 g/mol. The van der Waals surface area contributed by atoms with E-state index in [0.29, 0.717) is 6.61 Å². The van der Waals surface area contributed by atoms with Crippen molar-refractivity contribution >= 4 is 15.9 Å². The second-order valence-corrected chi connectivity index (χ2v) is 6.10. The van der Waals surface area contributed by atoms with Crippen LogP contribution < -0.4 is 14.8 Å². The van der Waals surface area contributed by atoms with Crippen molar-refractivity contribution in [3.05, 3.63) is 22.2 Å². The molecule has 0 radical (unpaired) electrons. The van der Waals surface area contributed by atoms with E-state index in [0.717, 1.165) is 54.9 Å². The summed E-state index contributed by atoms with van der Waals surface area (Å²) in [4.78, 5) is 0. The Labute approximate surface area is 135 Å². The molecule has 1 fully saturated rings. The molecule has 0 bridgehead atoms. The van der Waals surface area contributed by atoms with Gasteiger partial charge in [-0.3, -0.25) is 0 Å². The molecular weight excluding hydrogens is 334 g/mol. The Morgan fingerprint density at radius 1 is 1.43 bits per heavy atom. The van der Waals surface area contributed by atoms with E-state index >= 15 is 0 Å². The Hall–Kier alpha value is -0.780. The van der Waals surface area contributed by atoms with E-state index in [9.17, 15) is 0 Å². The van der Waals surface area contributed by atoms with Crippen molar-refractivity contribution in [2.45, 2.75) is 38.8 Å². The van der Waals surface area contributed by atoms with Crippen LogP contribution in [0, 0.1) is 0 Å². The lowest BCUT2D eigenvalue weighted by Gasteiger charge is -2.25. The lowest BCUT2D eigenvalue weighted by atomic mass is 10.1. The quantitative estimate of drug-likeness (QED) is 0.758. The molecule has 0 aliphatic carbocycles. The van der Waals surface area contributed by atoms with Crippen molar-refractivity contribution in [1.29, 1.82) is 0 Å². The Morgan fingerprint density at radius 3 is 2.95 bits per heavy atom. The molecule has 5 heteroatoms. The SMILES string of the molecule is CCCNCc1cc(Br)c(OC2CCCOC2)c(OC)c1. The van der Waals surface area contributed by atoms with Crippen LogP contribution in [0.3, 0.4) is 0 Å². The maximum atomic E-state index is 6.07. The van der Waals surface area contributed by atoms with Gasteiger partial charge in [0.25, 0.3) is 0 Å². The Morgan fingerprint density at radius 2 is 2.29 bits per heavy atom. The number of rotatable bonds is 7. The monoisotopic (exact) mass is 357 g/mol. The first kappa shape index (κ1) is 16.6. The van der Waals surface area contributed by atoms with E-state index in [4.69, 9.17) is 14.2 Å². The predicted octanol–water partition coefficient (Wildman–Crippen LogP) is 3.52. The number of benzene rings is 1. The highest BCUT2D eigenvalue weighted by Crippen LogP contribution is 2.38. The number of hydrogen-bond acceptors (Lipinski definition) is 4. The molecule has 21 heavy (non-hydrogen) atoms. The molecule has 1 aliphatic heterocycles. The second kappa shape index (κ2) is 8.61. The van der Waals surface area contributed by atoms with Gasteiger partial charge >= 0.3 is 0 Å². The van der Waals surface area contributed by atoms with Gasteiger partial charge in [-0.15, -0.1) is 0 Å². The summed E-state index contributed by atoms with van der Waals surface area (Å²) in [6.45, 7) is 5.48. The number of methoxy groups -OCH3 is 1. The van der Waals surface area contributed by atoms with E-state index < -0.39 is 0 Å². The topological polar surface area (TPSA) is 39.7 Å². The van der Waals surface area contributed by atoms with Gasteiger partial charge in [0.05, 0.1) is 18.2 Å². The minimum absolute atomic E-state index is 0.105. The fourth-order valence-corrected chi connectivity index (χ4v) is 2.95. The summed E-state index contributed by atoms with van der Waals surface area (Å²) < 4.78 is 18.0. The summed E-state index contributed by atoms with van der Waals surface area (Å²) in [7, 11) is 1.68. The Kier molecular flexibility index (Phi) is 6.80. The van der Waals surface area contributed by atoms with Gasteiger partial charge in [0.15, 0.2) is 11.5 Å². The Balaban J connectivity index is 2.08. The highest BCUT2D eigenvalue weighted by atomic mass is 79.9. The fraction of sp³-hybridized carbons (Fsp3) is 0.625. The van der Waals surface area contributed by atoms with Gasteiger partial charge in [-0.05, 0) is 59.4 Å². The lowest BCUT2D eigenvalue weighted by molar-refractivity contribution is 0.00610. The molecule has 1 aromatic carbocycles. The number of ether oxygens (including phenoxy) is 3. The highest BCUT2D eigenvalue weighted by molar-refractivity contribution is 9.10. The summed E-state index contributed by atoms with van der Waals surface area (Å²) in [5, 5.41) is 3.39. The normalized spacial score (nSPS) is 18.5. The van der Waals surface area contributed by atoms with Gasteiger partial charge in [-0.2, -0.15) is 0 Å². The van der Waals surface area contributed by atoms with Crippen molar-refractivity contribution in [2.24, 2.45) is 0 Å². The summed E-state index contributed by atoms with van der Waals surface area (Å²) in [5.41, 5.74) is 1.18.